The van der Waals surface area contributed by atoms with Crippen LogP contribution in [0.2, 0.25) is 0 Å². The fraction of sp³-hybridized carbons (Fsp3) is 0.773. The lowest BCUT2D eigenvalue weighted by Gasteiger charge is -2.02. The van der Waals surface area contributed by atoms with E-state index < -0.39 is 11.5 Å². The first-order valence-corrected chi connectivity index (χ1v) is 10.6. The van der Waals surface area contributed by atoms with Crippen LogP contribution in [-0.2, 0) is 4.79 Å². The topological polar surface area (TPSA) is 57.4 Å². The standard InChI is InChI=1S/C22H37NO3/c1-2-3-4-5-6-7-8-9-10-11-12-13-14-15-16-17-20-23(26)22(18-19-22)21(24)25/h6-7,9-10H,2-5,8,11-20H2,1H3/p+1. The molecule has 4 heteroatoms. The second-order valence-corrected chi connectivity index (χ2v) is 7.52. The molecule has 0 spiro atoms. The maximum absolute atomic E-state index is 11.8. The summed E-state index contributed by atoms with van der Waals surface area (Å²) in [5, 5.41) is 9.06. The minimum Gasteiger partial charge on any atom is -0.476 e. The lowest BCUT2D eigenvalue weighted by molar-refractivity contribution is -0.588. The van der Waals surface area contributed by atoms with Gasteiger partial charge in [-0.15, -0.1) is 0 Å². The SMILES string of the molecule is CCCCCC=CCC=CCCCCCCCC[N+](=O)C1(C(=O)O)CC1. The summed E-state index contributed by atoms with van der Waals surface area (Å²) in [6, 6.07) is 0. The van der Waals surface area contributed by atoms with E-state index in [9.17, 15) is 9.70 Å². The van der Waals surface area contributed by atoms with Crippen LogP contribution in [0.1, 0.15) is 96.8 Å². The third kappa shape index (κ3) is 9.30. The minimum absolute atomic E-state index is 0.362. The Morgan fingerprint density at radius 1 is 0.885 bits per heavy atom. The van der Waals surface area contributed by atoms with Crippen LogP contribution in [0.5, 0.6) is 0 Å². The van der Waals surface area contributed by atoms with E-state index in [1.54, 1.807) is 0 Å². The molecule has 0 aliphatic heterocycles. The van der Waals surface area contributed by atoms with Crippen molar-refractivity contribution in [1.29, 1.82) is 0 Å². The Bertz CT molecular complexity index is 464. The molecule has 0 radical (unpaired) electrons. The predicted molar refractivity (Wildman–Crippen MR) is 107 cm³/mol. The molecular formula is C22H38NO3+. The van der Waals surface area contributed by atoms with E-state index in [4.69, 9.17) is 5.11 Å². The summed E-state index contributed by atoms with van der Waals surface area (Å²) in [6.45, 7) is 2.60. The summed E-state index contributed by atoms with van der Waals surface area (Å²) in [5.41, 5.74) is -1.07. The number of nitroso groups, excluding NO2 is 1. The molecule has 1 aliphatic carbocycles. The van der Waals surface area contributed by atoms with E-state index >= 15 is 0 Å². The normalized spacial score (nSPS) is 15.7. The number of aliphatic carboxylic acids is 1. The van der Waals surface area contributed by atoms with E-state index in [0.717, 1.165) is 36.9 Å². The Labute approximate surface area is 159 Å². The molecule has 0 aromatic carbocycles. The molecule has 1 saturated carbocycles. The van der Waals surface area contributed by atoms with Gasteiger partial charge in [0.2, 0.25) is 0 Å². The predicted octanol–water partition coefficient (Wildman–Crippen LogP) is 6.20. The zero-order valence-corrected chi connectivity index (χ0v) is 16.6. The highest BCUT2D eigenvalue weighted by atomic mass is 16.4. The maximum Gasteiger partial charge on any atom is 0.380 e. The molecule has 0 bridgehead atoms. The number of carboxylic acids is 1. The van der Waals surface area contributed by atoms with Crippen molar-refractivity contribution in [3.8, 4) is 0 Å². The van der Waals surface area contributed by atoms with Gasteiger partial charge in [0.1, 0.15) is 0 Å². The quantitative estimate of drug-likeness (QED) is 0.190. The van der Waals surface area contributed by atoms with Crippen molar-refractivity contribution in [2.45, 2.75) is 102 Å². The molecule has 1 N–H and O–H groups in total. The number of rotatable bonds is 17. The Hall–Kier alpha value is -1.45. The van der Waals surface area contributed by atoms with Crippen LogP contribution >= 0.6 is 0 Å². The van der Waals surface area contributed by atoms with Crippen LogP contribution < -0.4 is 0 Å². The smallest absolute Gasteiger partial charge is 0.380 e. The summed E-state index contributed by atoms with van der Waals surface area (Å²) in [6.07, 6.45) is 24.1. The molecule has 0 aromatic heterocycles. The van der Waals surface area contributed by atoms with E-state index in [0.29, 0.717) is 19.4 Å². The molecule has 148 valence electrons. The van der Waals surface area contributed by atoms with Crippen LogP contribution in [-0.4, -0.2) is 27.9 Å². The zero-order chi connectivity index (χ0) is 19.1. The first kappa shape index (κ1) is 22.6. The molecule has 0 unspecified atom stereocenters. The van der Waals surface area contributed by atoms with Gasteiger partial charge >= 0.3 is 11.5 Å². The first-order chi connectivity index (χ1) is 12.6. The maximum atomic E-state index is 11.8. The average molecular weight is 365 g/mol. The van der Waals surface area contributed by atoms with Crippen molar-refractivity contribution in [2.75, 3.05) is 6.54 Å². The minimum atomic E-state index is -1.07. The van der Waals surface area contributed by atoms with E-state index in [2.05, 4.69) is 31.2 Å². The fourth-order valence-electron chi connectivity index (χ4n) is 3.15. The van der Waals surface area contributed by atoms with Crippen LogP contribution in [0.15, 0.2) is 24.3 Å². The van der Waals surface area contributed by atoms with Gasteiger partial charge < -0.3 is 5.11 Å². The highest BCUT2D eigenvalue weighted by molar-refractivity contribution is 5.80. The van der Waals surface area contributed by atoms with Gasteiger partial charge in [-0.2, -0.15) is 0 Å². The number of carboxylic acid groups (broad SMARTS) is 1. The molecule has 0 saturated heterocycles. The summed E-state index contributed by atoms with van der Waals surface area (Å²) in [4.78, 5) is 22.9. The van der Waals surface area contributed by atoms with Crippen LogP contribution in [0, 0.1) is 4.91 Å². The molecule has 26 heavy (non-hydrogen) atoms. The molecular weight excluding hydrogens is 326 g/mol. The van der Waals surface area contributed by atoms with Gasteiger partial charge in [0, 0.05) is 28.9 Å². The lowest BCUT2D eigenvalue weighted by Crippen LogP contribution is -2.35. The van der Waals surface area contributed by atoms with Crippen molar-refractivity contribution in [3.63, 3.8) is 0 Å². The number of allylic oxidation sites excluding steroid dienone is 4. The van der Waals surface area contributed by atoms with Crippen LogP contribution in [0.3, 0.4) is 0 Å². The summed E-state index contributed by atoms with van der Waals surface area (Å²) in [7, 11) is 0. The van der Waals surface area contributed by atoms with E-state index in [-0.39, 0.29) is 0 Å². The number of nitrogens with zero attached hydrogens (tertiary/aromatic N) is 1. The number of unbranched alkanes of at least 4 members (excludes halogenated alkanes) is 9. The zero-order valence-electron chi connectivity index (χ0n) is 16.6. The molecule has 0 aromatic rings. The number of hydrogen-bond acceptors (Lipinski definition) is 2. The van der Waals surface area contributed by atoms with Gasteiger partial charge in [0.05, 0.1) is 0 Å². The third-order valence-corrected chi connectivity index (χ3v) is 5.16. The van der Waals surface area contributed by atoms with Gasteiger partial charge in [-0.25, -0.2) is 4.79 Å². The van der Waals surface area contributed by atoms with Gasteiger partial charge in [0.25, 0.3) is 0 Å². The second kappa shape index (κ2) is 13.7. The molecule has 0 amide bonds. The second-order valence-electron chi connectivity index (χ2n) is 7.52. The van der Waals surface area contributed by atoms with Gasteiger partial charge in [-0.1, -0.05) is 63.3 Å². The molecule has 0 heterocycles. The molecule has 0 atom stereocenters. The molecule has 1 aliphatic rings. The summed E-state index contributed by atoms with van der Waals surface area (Å²) in [5.74, 6) is -0.951. The Balaban J connectivity index is 1.85. The van der Waals surface area contributed by atoms with Crippen molar-refractivity contribution in [3.05, 3.63) is 29.2 Å². The molecule has 1 fully saturated rings. The van der Waals surface area contributed by atoms with Gasteiger partial charge in [0.15, 0.2) is 6.54 Å². The average Bonchev–Trinajstić information content (AvgIpc) is 3.43. The number of hydrogen-bond donors (Lipinski definition) is 1. The van der Waals surface area contributed by atoms with E-state index in [1.165, 1.54) is 44.9 Å². The lowest BCUT2D eigenvalue weighted by atomic mass is 10.1. The highest BCUT2D eigenvalue weighted by Gasteiger charge is 2.64. The molecule has 4 nitrogen and oxygen atoms in total. The van der Waals surface area contributed by atoms with Gasteiger partial charge in [-0.05, 0) is 38.5 Å². The summed E-state index contributed by atoms with van der Waals surface area (Å²) >= 11 is 0. The third-order valence-electron chi connectivity index (χ3n) is 5.16. The summed E-state index contributed by atoms with van der Waals surface area (Å²) < 4.78 is 0.804. The monoisotopic (exact) mass is 364 g/mol. The van der Waals surface area contributed by atoms with Crippen LogP contribution in [0.25, 0.3) is 0 Å². The number of carbonyl (C=O) groups is 1. The Morgan fingerprint density at radius 2 is 1.42 bits per heavy atom. The van der Waals surface area contributed by atoms with Crippen LogP contribution in [0.4, 0.5) is 0 Å². The largest absolute Gasteiger partial charge is 0.476 e. The van der Waals surface area contributed by atoms with Gasteiger partial charge in [-0.3, -0.25) is 0 Å². The van der Waals surface area contributed by atoms with Crippen molar-refractivity contribution in [1.82, 2.24) is 0 Å². The van der Waals surface area contributed by atoms with Crippen molar-refractivity contribution in [2.24, 2.45) is 0 Å². The Kier molecular flexibility index (Phi) is 11.9. The molecule has 1 rings (SSSR count). The van der Waals surface area contributed by atoms with Crippen molar-refractivity contribution >= 4 is 5.97 Å². The highest BCUT2D eigenvalue weighted by Crippen LogP contribution is 2.39. The fourth-order valence-corrected chi connectivity index (χ4v) is 3.15. The Morgan fingerprint density at radius 3 is 1.96 bits per heavy atom. The first-order valence-electron chi connectivity index (χ1n) is 10.6. The van der Waals surface area contributed by atoms with E-state index in [1.807, 2.05) is 0 Å². The van der Waals surface area contributed by atoms with Crippen molar-refractivity contribution < 1.29 is 14.7 Å².